The van der Waals surface area contributed by atoms with Crippen molar-refractivity contribution in [2.45, 2.75) is 32.1 Å². The highest BCUT2D eigenvalue weighted by Crippen LogP contribution is 2.35. The Kier molecular flexibility index (Phi) is 3.66. The highest BCUT2D eigenvalue weighted by atomic mass is 35.5. The van der Waals surface area contributed by atoms with Crippen LogP contribution in [0.1, 0.15) is 42.5 Å². The molecule has 0 spiro atoms. The SMILES string of the molecule is O=C1Nc2cc(N3CCCCCCC3)c(Cl)cc2C1=O. The van der Waals surface area contributed by atoms with E-state index in [9.17, 15) is 9.59 Å². The number of nitrogens with zero attached hydrogens (tertiary/aromatic N) is 1. The van der Waals surface area contributed by atoms with Gasteiger partial charge in [-0.25, -0.2) is 0 Å². The Morgan fingerprint density at radius 1 is 1.00 bits per heavy atom. The molecule has 0 aliphatic carbocycles. The lowest BCUT2D eigenvalue weighted by atomic mass is 10.1. The number of rotatable bonds is 1. The largest absolute Gasteiger partial charge is 0.370 e. The summed E-state index contributed by atoms with van der Waals surface area (Å²) in [7, 11) is 0. The van der Waals surface area contributed by atoms with E-state index in [1.54, 1.807) is 6.07 Å². The molecular weight excluding hydrogens is 276 g/mol. The van der Waals surface area contributed by atoms with Gasteiger partial charge in [-0.15, -0.1) is 0 Å². The maximum Gasteiger partial charge on any atom is 0.296 e. The van der Waals surface area contributed by atoms with Crippen molar-refractivity contribution in [1.82, 2.24) is 0 Å². The van der Waals surface area contributed by atoms with Gasteiger partial charge in [-0.1, -0.05) is 30.9 Å². The van der Waals surface area contributed by atoms with Crippen LogP contribution in [-0.2, 0) is 4.79 Å². The minimum Gasteiger partial charge on any atom is -0.370 e. The molecule has 20 heavy (non-hydrogen) atoms. The molecule has 0 atom stereocenters. The van der Waals surface area contributed by atoms with Crippen LogP contribution in [0.15, 0.2) is 12.1 Å². The van der Waals surface area contributed by atoms with Crippen molar-refractivity contribution in [3.8, 4) is 0 Å². The summed E-state index contributed by atoms with van der Waals surface area (Å²) in [6.45, 7) is 1.95. The first kappa shape index (κ1) is 13.4. The first-order chi connectivity index (χ1) is 9.66. The molecule has 3 rings (SSSR count). The number of hydrogen-bond acceptors (Lipinski definition) is 3. The summed E-state index contributed by atoms with van der Waals surface area (Å²) in [6, 6.07) is 3.45. The molecule has 0 radical (unpaired) electrons. The van der Waals surface area contributed by atoms with E-state index in [0.29, 0.717) is 16.3 Å². The average molecular weight is 293 g/mol. The molecule has 1 fully saturated rings. The number of carbonyl (C=O) groups is 2. The maximum absolute atomic E-state index is 11.7. The number of Topliss-reactive ketones (excluding diaryl/α,β-unsaturated/α-hetero) is 1. The minimum atomic E-state index is -0.569. The third kappa shape index (κ3) is 2.40. The van der Waals surface area contributed by atoms with Crippen LogP contribution < -0.4 is 10.2 Å². The molecule has 5 heteroatoms. The third-order valence-electron chi connectivity index (χ3n) is 3.98. The monoisotopic (exact) mass is 292 g/mol. The van der Waals surface area contributed by atoms with Crippen LogP contribution in [-0.4, -0.2) is 24.8 Å². The van der Waals surface area contributed by atoms with Gasteiger partial charge in [0, 0.05) is 13.1 Å². The van der Waals surface area contributed by atoms with E-state index < -0.39 is 11.7 Å². The van der Waals surface area contributed by atoms with E-state index in [2.05, 4.69) is 10.2 Å². The van der Waals surface area contributed by atoms with E-state index in [4.69, 9.17) is 11.6 Å². The number of anilines is 2. The zero-order chi connectivity index (χ0) is 14.1. The van der Waals surface area contributed by atoms with Crippen LogP contribution in [0.25, 0.3) is 0 Å². The number of benzene rings is 1. The van der Waals surface area contributed by atoms with Gasteiger partial charge in [-0.3, -0.25) is 9.59 Å². The van der Waals surface area contributed by atoms with Crippen LogP contribution >= 0.6 is 11.6 Å². The molecule has 0 bridgehead atoms. The van der Waals surface area contributed by atoms with Crippen molar-refractivity contribution in [1.29, 1.82) is 0 Å². The molecular formula is C15H17ClN2O2. The molecule has 2 heterocycles. The number of amides is 1. The summed E-state index contributed by atoms with van der Waals surface area (Å²) >= 11 is 6.32. The van der Waals surface area contributed by atoms with Crippen LogP contribution in [0.5, 0.6) is 0 Å². The second-order valence-corrected chi connectivity index (χ2v) is 5.79. The Morgan fingerprint density at radius 2 is 1.65 bits per heavy atom. The number of fused-ring (bicyclic) bond motifs is 1. The fourth-order valence-electron chi connectivity index (χ4n) is 2.89. The molecule has 0 saturated carbocycles. The molecule has 1 N–H and O–H groups in total. The zero-order valence-corrected chi connectivity index (χ0v) is 12.0. The Morgan fingerprint density at radius 3 is 2.35 bits per heavy atom. The predicted octanol–water partition coefficient (Wildman–Crippen LogP) is 3.25. The second-order valence-electron chi connectivity index (χ2n) is 5.39. The second kappa shape index (κ2) is 5.44. The van der Waals surface area contributed by atoms with Gasteiger partial charge in [0.2, 0.25) is 0 Å². The van der Waals surface area contributed by atoms with Crippen molar-refractivity contribution in [3.05, 3.63) is 22.7 Å². The summed E-state index contributed by atoms with van der Waals surface area (Å²) in [4.78, 5) is 25.3. The standard InChI is InChI=1S/C15H17ClN2O2/c16-11-8-10-12(17-15(20)14(10)19)9-13(11)18-6-4-2-1-3-5-7-18/h8-9H,1-7H2,(H,17,19,20). The molecule has 106 valence electrons. The maximum atomic E-state index is 11.7. The van der Waals surface area contributed by atoms with Crippen LogP contribution in [0.4, 0.5) is 11.4 Å². The van der Waals surface area contributed by atoms with Crippen LogP contribution in [0, 0.1) is 0 Å². The first-order valence-corrected chi connectivity index (χ1v) is 7.49. The molecule has 1 aromatic carbocycles. The van der Waals surface area contributed by atoms with Crippen molar-refractivity contribution < 1.29 is 9.59 Å². The van der Waals surface area contributed by atoms with Crippen molar-refractivity contribution in [2.75, 3.05) is 23.3 Å². The van der Waals surface area contributed by atoms with Gasteiger partial charge >= 0.3 is 0 Å². The Labute approximate surface area is 123 Å². The summed E-state index contributed by atoms with van der Waals surface area (Å²) in [5, 5.41) is 3.16. The third-order valence-corrected chi connectivity index (χ3v) is 4.29. The highest BCUT2D eigenvalue weighted by molar-refractivity contribution is 6.52. The molecule has 2 aliphatic heterocycles. The van der Waals surface area contributed by atoms with Crippen molar-refractivity contribution in [3.63, 3.8) is 0 Å². The van der Waals surface area contributed by atoms with E-state index in [1.165, 1.54) is 19.3 Å². The summed E-state index contributed by atoms with van der Waals surface area (Å²) in [6.07, 6.45) is 6.09. The van der Waals surface area contributed by atoms with Gasteiger partial charge in [0.05, 0.1) is 22.0 Å². The highest BCUT2D eigenvalue weighted by Gasteiger charge is 2.29. The first-order valence-electron chi connectivity index (χ1n) is 7.11. The lowest BCUT2D eigenvalue weighted by molar-refractivity contribution is -0.112. The smallest absolute Gasteiger partial charge is 0.296 e. The van der Waals surface area contributed by atoms with Gasteiger partial charge in [-0.2, -0.15) is 0 Å². The molecule has 4 nitrogen and oxygen atoms in total. The topological polar surface area (TPSA) is 49.4 Å². The average Bonchev–Trinajstić information content (AvgIpc) is 2.65. The summed E-state index contributed by atoms with van der Waals surface area (Å²) in [5.41, 5.74) is 1.89. The number of halogens is 1. The van der Waals surface area contributed by atoms with Crippen LogP contribution in [0.3, 0.4) is 0 Å². The van der Waals surface area contributed by atoms with Gasteiger partial charge in [0.15, 0.2) is 0 Å². The van der Waals surface area contributed by atoms with Crippen LogP contribution in [0.2, 0.25) is 5.02 Å². The minimum absolute atomic E-state index is 0.385. The molecule has 1 aromatic rings. The Hall–Kier alpha value is -1.55. The molecule has 1 amide bonds. The van der Waals surface area contributed by atoms with Gasteiger partial charge in [-0.05, 0) is 25.0 Å². The fraction of sp³-hybridized carbons (Fsp3) is 0.467. The van der Waals surface area contributed by atoms with E-state index in [1.807, 2.05) is 6.07 Å². The summed E-state index contributed by atoms with van der Waals surface area (Å²) in [5.74, 6) is -1.07. The van der Waals surface area contributed by atoms with E-state index in [0.717, 1.165) is 31.6 Å². The number of ketones is 1. The summed E-state index contributed by atoms with van der Waals surface area (Å²) < 4.78 is 0. The fourth-order valence-corrected chi connectivity index (χ4v) is 3.17. The number of hydrogen-bond donors (Lipinski definition) is 1. The molecule has 1 saturated heterocycles. The number of carbonyl (C=O) groups excluding carboxylic acids is 2. The van der Waals surface area contributed by atoms with Crippen molar-refractivity contribution in [2.24, 2.45) is 0 Å². The van der Waals surface area contributed by atoms with E-state index in [-0.39, 0.29) is 0 Å². The van der Waals surface area contributed by atoms with Crippen molar-refractivity contribution >= 4 is 34.7 Å². The lowest BCUT2D eigenvalue weighted by Crippen LogP contribution is -2.27. The van der Waals surface area contributed by atoms with Gasteiger partial charge in [0.25, 0.3) is 11.7 Å². The Balaban J connectivity index is 1.92. The van der Waals surface area contributed by atoms with Gasteiger partial charge < -0.3 is 10.2 Å². The zero-order valence-electron chi connectivity index (χ0n) is 11.2. The van der Waals surface area contributed by atoms with E-state index >= 15 is 0 Å². The Bertz CT molecular complexity index is 563. The molecule has 0 aromatic heterocycles. The number of nitrogens with one attached hydrogen (secondary N) is 1. The van der Waals surface area contributed by atoms with Gasteiger partial charge in [0.1, 0.15) is 0 Å². The normalized spacial score (nSPS) is 19.4. The predicted molar refractivity (Wildman–Crippen MR) is 79.7 cm³/mol. The molecule has 0 unspecified atom stereocenters. The molecule has 2 aliphatic rings. The lowest BCUT2D eigenvalue weighted by Gasteiger charge is -2.28. The quantitative estimate of drug-likeness (QED) is 0.808.